The van der Waals surface area contributed by atoms with Crippen molar-refractivity contribution in [2.24, 2.45) is 0 Å². The molecule has 0 saturated heterocycles. The Hall–Kier alpha value is -2.31. The SMILES string of the molecule is CCC(C)NCCCOc1ccc(Cl)c2ccccc12.O=C(O)C(=O)O. The van der Waals surface area contributed by atoms with Gasteiger partial charge in [0.25, 0.3) is 0 Å². The number of hydrogen-bond acceptors (Lipinski definition) is 4. The highest BCUT2D eigenvalue weighted by atomic mass is 35.5. The average Bonchev–Trinajstić information content (AvgIpc) is 2.63. The topological polar surface area (TPSA) is 95.9 Å². The van der Waals surface area contributed by atoms with E-state index in [1.807, 2.05) is 36.4 Å². The number of benzene rings is 2. The molecule has 0 aliphatic heterocycles. The Labute approximate surface area is 157 Å². The van der Waals surface area contributed by atoms with Gasteiger partial charge in [0.15, 0.2) is 0 Å². The Morgan fingerprint density at radius 1 is 1.12 bits per heavy atom. The number of aliphatic carboxylic acids is 2. The van der Waals surface area contributed by atoms with E-state index in [9.17, 15) is 0 Å². The molecular weight excluding hydrogens is 358 g/mol. The fourth-order valence-corrected chi connectivity index (χ4v) is 2.34. The summed E-state index contributed by atoms with van der Waals surface area (Å²) < 4.78 is 5.89. The summed E-state index contributed by atoms with van der Waals surface area (Å²) in [5, 5.41) is 21.1. The van der Waals surface area contributed by atoms with Crippen LogP contribution in [-0.4, -0.2) is 41.3 Å². The standard InChI is InChI=1S/C17H22ClNO.C2H2O4/c1-3-13(2)19-11-6-12-20-17-10-9-16(18)14-7-4-5-8-15(14)17;3-1(4)2(5)6/h4-5,7-10,13,19H,3,6,11-12H2,1-2H3;(H,3,4)(H,5,6). The van der Waals surface area contributed by atoms with E-state index in [0.717, 1.165) is 47.5 Å². The van der Waals surface area contributed by atoms with E-state index in [2.05, 4.69) is 19.2 Å². The second kappa shape index (κ2) is 11.3. The van der Waals surface area contributed by atoms with Gasteiger partial charge in [-0.2, -0.15) is 0 Å². The van der Waals surface area contributed by atoms with Gasteiger partial charge in [-0.15, -0.1) is 0 Å². The van der Waals surface area contributed by atoms with Gasteiger partial charge in [-0.3, -0.25) is 0 Å². The summed E-state index contributed by atoms with van der Waals surface area (Å²) in [6.45, 7) is 6.09. The lowest BCUT2D eigenvalue weighted by molar-refractivity contribution is -0.159. The second-order valence-corrected chi connectivity index (χ2v) is 6.07. The maximum atomic E-state index is 9.10. The zero-order valence-electron chi connectivity index (χ0n) is 14.9. The maximum absolute atomic E-state index is 9.10. The van der Waals surface area contributed by atoms with Crippen LogP contribution in [0.1, 0.15) is 26.7 Å². The van der Waals surface area contributed by atoms with Crippen LogP contribution in [0.25, 0.3) is 10.8 Å². The fourth-order valence-electron chi connectivity index (χ4n) is 2.11. The minimum absolute atomic E-state index is 0.575. The molecule has 1 atom stereocenters. The van der Waals surface area contributed by atoms with Crippen LogP contribution in [0.4, 0.5) is 0 Å². The van der Waals surface area contributed by atoms with Gasteiger partial charge in [-0.05, 0) is 38.4 Å². The Morgan fingerprint density at radius 2 is 1.73 bits per heavy atom. The van der Waals surface area contributed by atoms with Crippen molar-refractivity contribution in [3.05, 3.63) is 41.4 Å². The minimum atomic E-state index is -1.82. The van der Waals surface area contributed by atoms with Crippen LogP contribution in [0.5, 0.6) is 5.75 Å². The molecule has 2 rings (SSSR count). The molecule has 142 valence electrons. The molecule has 3 N–H and O–H groups in total. The molecule has 0 aromatic heterocycles. The average molecular weight is 382 g/mol. The zero-order chi connectivity index (χ0) is 19.5. The van der Waals surface area contributed by atoms with Gasteiger partial charge in [0.05, 0.1) is 6.61 Å². The first kappa shape index (κ1) is 21.7. The number of carboxylic acids is 2. The predicted molar refractivity (Wildman–Crippen MR) is 102 cm³/mol. The second-order valence-electron chi connectivity index (χ2n) is 5.67. The van der Waals surface area contributed by atoms with Crippen molar-refractivity contribution in [3.63, 3.8) is 0 Å². The maximum Gasteiger partial charge on any atom is 0.414 e. The molecule has 0 aliphatic carbocycles. The Bertz CT molecular complexity index is 723. The molecule has 26 heavy (non-hydrogen) atoms. The molecule has 0 fully saturated rings. The first-order valence-electron chi connectivity index (χ1n) is 8.36. The summed E-state index contributed by atoms with van der Waals surface area (Å²) in [5.74, 6) is -2.74. The lowest BCUT2D eigenvalue weighted by Gasteiger charge is -2.13. The van der Waals surface area contributed by atoms with E-state index in [1.165, 1.54) is 0 Å². The van der Waals surface area contributed by atoms with Crippen LogP contribution < -0.4 is 10.1 Å². The lowest BCUT2D eigenvalue weighted by Crippen LogP contribution is -2.27. The molecule has 0 radical (unpaired) electrons. The smallest absolute Gasteiger partial charge is 0.414 e. The molecule has 0 amide bonds. The highest BCUT2D eigenvalue weighted by Gasteiger charge is 2.05. The quantitative estimate of drug-likeness (QED) is 0.498. The van der Waals surface area contributed by atoms with E-state index >= 15 is 0 Å². The summed E-state index contributed by atoms with van der Waals surface area (Å²) >= 11 is 6.20. The molecule has 1 unspecified atom stereocenters. The lowest BCUT2D eigenvalue weighted by atomic mass is 10.1. The molecule has 2 aromatic carbocycles. The molecule has 0 saturated carbocycles. The number of rotatable bonds is 7. The molecule has 0 bridgehead atoms. The fraction of sp³-hybridized carbons (Fsp3) is 0.368. The molecule has 6 nitrogen and oxygen atoms in total. The summed E-state index contributed by atoms with van der Waals surface area (Å²) in [5.41, 5.74) is 0. The number of hydrogen-bond donors (Lipinski definition) is 3. The van der Waals surface area contributed by atoms with E-state index in [-0.39, 0.29) is 0 Å². The largest absolute Gasteiger partial charge is 0.493 e. The Morgan fingerprint density at radius 3 is 2.31 bits per heavy atom. The third-order valence-electron chi connectivity index (χ3n) is 3.70. The van der Waals surface area contributed by atoms with Crippen LogP contribution in [0.3, 0.4) is 0 Å². The summed E-state index contributed by atoms with van der Waals surface area (Å²) in [6, 6.07) is 12.5. The van der Waals surface area contributed by atoms with Gasteiger partial charge in [-0.25, -0.2) is 9.59 Å². The molecule has 0 aliphatic rings. The van der Waals surface area contributed by atoms with E-state index < -0.39 is 11.9 Å². The number of fused-ring (bicyclic) bond motifs is 1. The van der Waals surface area contributed by atoms with Crippen LogP contribution in [-0.2, 0) is 9.59 Å². The number of nitrogens with one attached hydrogen (secondary N) is 1. The summed E-state index contributed by atoms with van der Waals surface area (Å²) in [4.78, 5) is 18.2. The first-order valence-corrected chi connectivity index (χ1v) is 8.74. The van der Waals surface area contributed by atoms with Crippen LogP contribution in [0.2, 0.25) is 5.02 Å². The predicted octanol–water partition coefficient (Wildman–Crippen LogP) is 3.81. The Balaban J connectivity index is 0.000000487. The van der Waals surface area contributed by atoms with Crippen molar-refractivity contribution >= 4 is 34.3 Å². The number of carboxylic acid groups (broad SMARTS) is 2. The molecule has 2 aromatic rings. The monoisotopic (exact) mass is 381 g/mol. The van der Waals surface area contributed by atoms with Crippen molar-refractivity contribution in [2.45, 2.75) is 32.7 Å². The molecule has 7 heteroatoms. The normalized spacial score (nSPS) is 11.3. The van der Waals surface area contributed by atoms with E-state index in [4.69, 9.17) is 36.1 Å². The van der Waals surface area contributed by atoms with Crippen molar-refractivity contribution < 1.29 is 24.5 Å². The van der Waals surface area contributed by atoms with Gasteiger partial charge in [0, 0.05) is 21.8 Å². The molecule has 0 spiro atoms. The van der Waals surface area contributed by atoms with E-state index in [0.29, 0.717) is 6.04 Å². The zero-order valence-corrected chi connectivity index (χ0v) is 15.6. The van der Waals surface area contributed by atoms with Gasteiger partial charge in [-0.1, -0.05) is 42.8 Å². The number of carbonyl (C=O) groups is 2. The van der Waals surface area contributed by atoms with Gasteiger partial charge >= 0.3 is 11.9 Å². The molecule has 0 heterocycles. The highest BCUT2D eigenvalue weighted by Crippen LogP contribution is 2.31. The third kappa shape index (κ3) is 7.29. The molecular formula is C19H24ClNO5. The van der Waals surface area contributed by atoms with Gasteiger partial charge in [0.2, 0.25) is 0 Å². The van der Waals surface area contributed by atoms with E-state index in [1.54, 1.807) is 0 Å². The van der Waals surface area contributed by atoms with Crippen molar-refractivity contribution in [1.82, 2.24) is 5.32 Å². The van der Waals surface area contributed by atoms with Crippen molar-refractivity contribution in [3.8, 4) is 5.75 Å². The van der Waals surface area contributed by atoms with Crippen LogP contribution in [0, 0.1) is 0 Å². The third-order valence-corrected chi connectivity index (χ3v) is 4.03. The number of halogens is 1. The number of ether oxygens (including phenoxy) is 1. The van der Waals surface area contributed by atoms with Gasteiger partial charge in [0.1, 0.15) is 5.75 Å². The Kier molecular flexibility index (Phi) is 9.47. The van der Waals surface area contributed by atoms with Crippen LogP contribution >= 0.6 is 11.6 Å². The highest BCUT2D eigenvalue weighted by molar-refractivity contribution is 6.35. The summed E-state index contributed by atoms with van der Waals surface area (Å²) in [7, 11) is 0. The first-order chi connectivity index (χ1) is 12.4. The van der Waals surface area contributed by atoms with Crippen molar-refractivity contribution in [2.75, 3.05) is 13.2 Å². The van der Waals surface area contributed by atoms with Crippen molar-refractivity contribution in [1.29, 1.82) is 0 Å². The minimum Gasteiger partial charge on any atom is -0.493 e. The summed E-state index contributed by atoms with van der Waals surface area (Å²) in [6.07, 6.45) is 2.16. The van der Waals surface area contributed by atoms with Crippen LogP contribution in [0.15, 0.2) is 36.4 Å². The van der Waals surface area contributed by atoms with Gasteiger partial charge < -0.3 is 20.3 Å².